The number of fused-ring (bicyclic) bond motifs is 1. The maximum Gasteiger partial charge on any atom is 0.450 e. The third kappa shape index (κ3) is 5.34. The van der Waals surface area contributed by atoms with Gasteiger partial charge in [0.25, 0.3) is 5.91 Å². The summed E-state index contributed by atoms with van der Waals surface area (Å²) in [4.78, 5) is 25.4. The number of ether oxygens (including phenoxy) is 1. The van der Waals surface area contributed by atoms with Crippen LogP contribution in [0.25, 0.3) is 22.1 Å². The molecule has 0 saturated carbocycles. The minimum atomic E-state index is -4.99. The van der Waals surface area contributed by atoms with Gasteiger partial charge in [0.15, 0.2) is 6.61 Å². The van der Waals surface area contributed by atoms with Gasteiger partial charge in [0, 0.05) is 22.3 Å². The molecule has 0 aliphatic carbocycles. The van der Waals surface area contributed by atoms with Gasteiger partial charge in [-0.3, -0.25) is 9.59 Å². The van der Waals surface area contributed by atoms with E-state index in [4.69, 9.17) is 32.4 Å². The number of carbonyl (C=O) groups is 1. The molecule has 1 heterocycles. The van der Waals surface area contributed by atoms with Crippen LogP contribution in [0.4, 0.5) is 18.9 Å². The van der Waals surface area contributed by atoms with Crippen LogP contribution in [0.2, 0.25) is 10.0 Å². The number of benzene rings is 3. The average Bonchev–Trinajstić information content (AvgIpc) is 2.80. The monoisotopic (exact) mass is 535 g/mol. The van der Waals surface area contributed by atoms with Crippen molar-refractivity contribution in [3.05, 3.63) is 91.8 Å². The van der Waals surface area contributed by atoms with E-state index >= 15 is 0 Å². The van der Waals surface area contributed by atoms with Crippen molar-refractivity contribution in [1.29, 1.82) is 0 Å². The van der Waals surface area contributed by atoms with Gasteiger partial charge in [-0.25, -0.2) is 0 Å². The molecule has 0 unspecified atom stereocenters. The molecule has 0 aliphatic heterocycles. The van der Waals surface area contributed by atoms with Crippen molar-refractivity contribution < 1.29 is 27.1 Å². The number of alkyl halides is 3. The van der Waals surface area contributed by atoms with E-state index in [-0.39, 0.29) is 32.3 Å². The molecular weight excluding hydrogens is 518 g/mol. The fourth-order valence-electron chi connectivity index (χ4n) is 3.61. The van der Waals surface area contributed by atoms with E-state index in [0.29, 0.717) is 5.69 Å². The first-order valence-electron chi connectivity index (χ1n) is 10.6. The second-order valence-corrected chi connectivity index (χ2v) is 8.91. The number of anilines is 1. The average molecular weight is 536 g/mol. The zero-order valence-corrected chi connectivity index (χ0v) is 20.4. The van der Waals surface area contributed by atoms with Crippen LogP contribution in [-0.4, -0.2) is 12.5 Å². The van der Waals surface area contributed by atoms with E-state index in [1.54, 1.807) is 6.07 Å². The van der Waals surface area contributed by atoms with Crippen molar-refractivity contribution in [3.63, 3.8) is 0 Å². The third-order valence-electron chi connectivity index (χ3n) is 5.36. The van der Waals surface area contributed by atoms with Crippen molar-refractivity contribution in [2.75, 3.05) is 11.9 Å². The number of hydrogen-bond acceptors (Lipinski definition) is 4. The Morgan fingerprint density at radius 3 is 2.47 bits per heavy atom. The van der Waals surface area contributed by atoms with Crippen LogP contribution >= 0.6 is 23.2 Å². The fraction of sp³-hybridized carbons (Fsp3) is 0.154. The van der Waals surface area contributed by atoms with Crippen LogP contribution in [-0.2, 0) is 11.0 Å². The molecule has 36 heavy (non-hydrogen) atoms. The van der Waals surface area contributed by atoms with E-state index in [9.17, 15) is 22.8 Å². The van der Waals surface area contributed by atoms with Gasteiger partial charge in [-0.1, -0.05) is 41.4 Å². The predicted molar refractivity (Wildman–Crippen MR) is 133 cm³/mol. The summed E-state index contributed by atoms with van der Waals surface area (Å²) < 4.78 is 52.3. The molecular formula is C26H18Cl2F3NO4. The lowest BCUT2D eigenvalue weighted by molar-refractivity contribution is -0.152. The number of halogens is 5. The molecule has 1 N–H and O–H groups in total. The summed E-state index contributed by atoms with van der Waals surface area (Å²) in [6, 6.07) is 13.1. The van der Waals surface area contributed by atoms with Gasteiger partial charge >= 0.3 is 6.18 Å². The number of rotatable bonds is 5. The van der Waals surface area contributed by atoms with Gasteiger partial charge < -0.3 is 14.5 Å². The standard InChI is InChI=1S/C26H18Cl2F3NO4/c1-13-3-4-14(2)20(9-13)32-22(33)12-35-16-6-8-18-21(11-16)36-25(26(29,30)31)23(24(18)34)17-7-5-15(27)10-19(17)28/h3-11H,12H2,1-2H3,(H,32,33). The van der Waals surface area contributed by atoms with Crippen LogP contribution < -0.4 is 15.5 Å². The Balaban J connectivity index is 1.67. The number of carbonyl (C=O) groups excluding carboxylic acids is 1. The Kier molecular flexibility index (Phi) is 7.02. The molecule has 1 amide bonds. The molecule has 3 aromatic carbocycles. The van der Waals surface area contributed by atoms with E-state index in [0.717, 1.165) is 17.2 Å². The lowest BCUT2D eigenvalue weighted by atomic mass is 10.0. The molecule has 4 aromatic rings. The maximum atomic E-state index is 13.9. The Hall–Kier alpha value is -3.49. The van der Waals surface area contributed by atoms with E-state index < -0.39 is 35.4 Å². The van der Waals surface area contributed by atoms with Gasteiger partial charge in [-0.05, 0) is 55.3 Å². The van der Waals surface area contributed by atoms with Crippen molar-refractivity contribution in [2.45, 2.75) is 20.0 Å². The first-order valence-corrected chi connectivity index (χ1v) is 11.3. The highest BCUT2D eigenvalue weighted by atomic mass is 35.5. The van der Waals surface area contributed by atoms with Crippen molar-refractivity contribution in [3.8, 4) is 16.9 Å². The predicted octanol–water partition coefficient (Wildman–Crippen LogP) is 7.42. The zero-order valence-electron chi connectivity index (χ0n) is 18.9. The second-order valence-electron chi connectivity index (χ2n) is 8.07. The lowest BCUT2D eigenvalue weighted by Crippen LogP contribution is -2.20. The first-order chi connectivity index (χ1) is 16.9. The summed E-state index contributed by atoms with van der Waals surface area (Å²) in [5, 5.41) is 2.68. The smallest absolute Gasteiger partial charge is 0.450 e. The summed E-state index contributed by atoms with van der Waals surface area (Å²) in [7, 11) is 0. The van der Waals surface area contributed by atoms with Crippen LogP contribution in [0.3, 0.4) is 0 Å². The lowest BCUT2D eigenvalue weighted by Gasteiger charge is -2.14. The fourth-order valence-corrected chi connectivity index (χ4v) is 4.11. The van der Waals surface area contributed by atoms with Crippen molar-refractivity contribution in [2.24, 2.45) is 0 Å². The summed E-state index contributed by atoms with van der Waals surface area (Å²) in [5.74, 6) is -1.92. The number of amides is 1. The second kappa shape index (κ2) is 9.87. The Morgan fingerprint density at radius 2 is 1.78 bits per heavy atom. The van der Waals surface area contributed by atoms with Gasteiger partial charge in [-0.2, -0.15) is 13.2 Å². The van der Waals surface area contributed by atoms with Crippen molar-refractivity contribution >= 4 is 45.8 Å². The van der Waals surface area contributed by atoms with Crippen molar-refractivity contribution in [1.82, 2.24) is 0 Å². The molecule has 0 bridgehead atoms. The highest BCUT2D eigenvalue weighted by molar-refractivity contribution is 6.36. The third-order valence-corrected chi connectivity index (χ3v) is 5.91. The van der Waals surface area contributed by atoms with Crippen LogP contribution in [0, 0.1) is 13.8 Å². The Labute approximate surface area is 213 Å². The Bertz CT molecular complexity index is 1550. The molecule has 0 atom stereocenters. The molecule has 1 aromatic heterocycles. The molecule has 0 saturated heterocycles. The number of hydrogen-bond donors (Lipinski definition) is 1. The molecule has 186 valence electrons. The summed E-state index contributed by atoms with van der Waals surface area (Å²) in [5.41, 5.74) is 0.279. The van der Waals surface area contributed by atoms with Gasteiger partial charge in [0.2, 0.25) is 11.2 Å². The van der Waals surface area contributed by atoms with E-state index in [1.807, 2.05) is 26.0 Å². The summed E-state index contributed by atoms with van der Waals surface area (Å²) in [6.07, 6.45) is -4.99. The normalized spacial score (nSPS) is 11.5. The SMILES string of the molecule is Cc1ccc(C)c(NC(=O)COc2ccc3c(=O)c(-c4ccc(Cl)cc4Cl)c(C(F)(F)F)oc3c2)c1. The van der Waals surface area contributed by atoms with E-state index in [2.05, 4.69) is 5.32 Å². The summed E-state index contributed by atoms with van der Waals surface area (Å²) in [6.45, 7) is 3.31. The van der Waals surface area contributed by atoms with Crippen LogP contribution in [0.15, 0.2) is 63.8 Å². The maximum absolute atomic E-state index is 13.9. The molecule has 0 spiro atoms. The number of aryl methyl sites for hydroxylation is 2. The minimum absolute atomic E-state index is 0.0483. The topological polar surface area (TPSA) is 68.5 Å². The highest BCUT2D eigenvalue weighted by Crippen LogP contribution is 2.40. The molecule has 4 rings (SSSR count). The number of nitrogens with one attached hydrogen (secondary N) is 1. The molecule has 10 heteroatoms. The minimum Gasteiger partial charge on any atom is -0.484 e. The molecule has 0 fully saturated rings. The largest absolute Gasteiger partial charge is 0.484 e. The van der Waals surface area contributed by atoms with Gasteiger partial charge in [-0.15, -0.1) is 0 Å². The van der Waals surface area contributed by atoms with Gasteiger partial charge in [0.05, 0.1) is 16.0 Å². The van der Waals surface area contributed by atoms with Crippen LogP contribution in [0.1, 0.15) is 16.9 Å². The first kappa shape index (κ1) is 25.6. The molecule has 0 radical (unpaired) electrons. The quantitative estimate of drug-likeness (QED) is 0.288. The zero-order chi connectivity index (χ0) is 26.2. The van der Waals surface area contributed by atoms with Crippen LogP contribution in [0.5, 0.6) is 5.75 Å². The highest BCUT2D eigenvalue weighted by Gasteiger charge is 2.40. The van der Waals surface area contributed by atoms with Gasteiger partial charge in [0.1, 0.15) is 11.3 Å². The Morgan fingerprint density at radius 1 is 1.03 bits per heavy atom. The van der Waals surface area contributed by atoms with E-state index in [1.165, 1.54) is 30.3 Å². The molecule has 0 aliphatic rings. The summed E-state index contributed by atoms with van der Waals surface area (Å²) >= 11 is 11.9. The molecule has 5 nitrogen and oxygen atoms in total.